The molecule has 0 spiro atoms. The van der Waals surface area contributed by atoms with Gasteiger partial charge >= 0.3 is 0 Å². The van der Waals surface area contributed by atoms with E-state index in [1.54, 1.807) is 16.7 Å². The Balaban J connectivity index is 1.99. The summed E-state index contributed by atoms with van der Waals surface area (Å²) in [5.74, 6) is 0.221. The minimum absolute atomic E-state index is 0.0149. The van der Waals surface area contributed by atoms with E-state index < -0.39 is 5.54 Å². The average Bonchev–Trinajstić information content (AvgIpc) is 3.27. The molecule has 1 saturated heterocycles. The van der Waals surface area contributed by atoms with Gasteiger partial charge in [0.05, 0.1) is 5.69 Å². The van der Waals surface area contributed by atoms with Gasteiger partial charge in [-0.25, -0.2) is 0 Å². The Labute approximate surface area is 122 Å². The maximum atomic E-state index is 12.8. The highest BCUT2D eigenvalue weighted by Crippen LogP contribution is 2.43. The Morgan fingerprint density at radius 3 is 2.65 bits per heavy atom. The van der Waals surface area contributed by atoms with Crippen molar-refractivity contribution in [2.75, 3.05) is 17.7 Å². The minimum atomic E-state index is -0.735. The SMILES string of the molecule is CSc1ccccc1N1CC(=O)NC(C)(C2CC2)C1=O. The first-order valence-corrected chi connectivity index (χ1v) is 8.04. The van der Waals surface area contributed by atoms with Crippen LogP contribution in [0.2, 0.25) is 0 Å². The van der Waals surface area contributed by atoms with E-state index in [0.717, 1.165) is 23.4 Å². The van der Waals surface area contributed by atoms with Crippen LogP contribution in [0, 0.1) is 5.92 Å². The second kappa shape index (κ2) is 4.81. The van der Waals surface area contributed by atoms with E-state index in [0.29, 0.717) is 0 Å². The highest BCUT2D eigenvalue weighted by atomic mass is 32.2. The number of piperazine rings is 1. The standard InChI is InChI=1S/C15H18N2O2S/c1-15(10-7-8-10)14(19)17(9-13(18)16-15)11-5-3-4-6-12(11)20-2/h3-6,10H,7-9H2,1-2H3,(H,16,18). The zero-order chi connectivity index (χ0) is 14.3. The van der Waals surface area contributed by atoms with Crippen LogP contribution in [0.3, 0.4) is 0 Å². The summed E-state index contributed by atoms with van der Waals surface area (Å²) in [4.78, 5) is 27.5. The van der Waals surface area contributed by atoms with E-state index >= 15 is 0 Å². The van der Waals surface area contributed by atoms with Crippen molar-refractivity contribution in [2.45, 2.75) is 30.2 Å². The van der Waals surface area contributed by atoms with Gasteiger partial charge in [0.1, 0.15) is 12.1 Å². The van der Waals surface area contributed by atoms with E-state index in [4.69, 9.17) is 0 Å². The summed E-state index contributed by atoms with van der Waals surface area (Å²) in [5.41, 5.74) is 0.104. The molecule has 1 aliphatic carbocycles. The summed E-state index contributed by atoms with van der Waals surface area (Å²) in [7, 11) is 0. The molecule has 1 aromatic carbocycles. The summed E-state index contributed by atoms with van der Waals surface area (Å²) in [6.45, 7) is 1.97. The van der Waals surface area contributed by atoms with E-state index in [9.17, 15) is 9.59 Å². The number of amides is 2. The first-order chi connectivity index (χ1) is 9.56. The lowest BCUT2D eigenvalue weighted by Gasteiger charge is -2.40. The molecule has 2 amide bonds. The van der Waals surface area contributed by atoms with Crippen molar-refractivity contribution in [3.05, 3.63) is 24.3 Å². The topological polar surface area (TPSA) is 49.4 Å². The van der Waals surface area contributed by atoms with Crippen molar-refractivity contribution in [3.8, 4) is 0 Å². The lowest BCUT2D eigenvalue weighted by molar-refractivity contribution is -0.136. The third-order valence-electron chi connectivity index (χ3n) is 4.16. The third-order valence-corrected chi connectivity index (χ3v) is 4.95. The molecule has 4 nitrogen and oxygen atoms in total. The maximum absolute atomic E-state index is 12.8. The van der Waals surface area contributed by atoms with E-state index in [2.05, 4.69) is 5.32 Å². The fourth-order valence-electron chi connectivity index (χ4n) is 2.86. The summed E-state index contributed by atoms with van der Waals surface area (Å²) in [5, 5.41) is 2.90. The fraction of sp³-hybridized carbons (Fsp3) is 0.467. The lowest BCUT2D eigenvalue weighted by atomic mass is 9.91. The van der Waals surface area contributed by atoms with Gasteiger partial charge in [0, 0.05) is 4.90 Å². The number of hydrogen-bond acceptors (Lipinski definition) is 3. The molecule has 5 heteroatoms. The van der Waals surface area contributed by atoms with Gasteiger partial charge in [-0.05, 0) is 44.1 Å². The molecule has 20 heavy (non-hydrogen) atoms. The van der Waals surface area contributed by atoms with Gasteiger partial charge in [-0.15, -0.1) is 11.8 Å². The van der Waals surface area contributed by atoms with Crippen molar-refractivity contribution in [1.82, 2.24) is 5.32 Å². The van der Waals surface area contributed by atoms with Crippen molar-refractivity contribution < 1.29 is 9.59 Å². The Morgan fingerprint density at radius 1 is 1.30 bits per heavy atom. The van der Waals surface area contributed by atoms with E-state index in [1.807, 2.05) is 37.4 Å². The smallest absolute Gasteiger partial charge is 0.253 e. The largest absolute Gasteiger partial charge is 0.340 e. The van der Waals surface area contributed by atoms with Crippen LogP contribution in [0.25, 0.3) is 0 Å². The van der Waals surface area contributed by atoms with Crippen LogP contribution in [0.1, 0.15) is 19.8 Å². The highest BCUT2D eigenvalue weighted by Gasteiger charge is 2.53. The Bertz CT molecular complexity index is 571. The van der Waals surface area contributed by atoms with Gasteiger partial charge in [0.25, 0.3) is 5.91 Å². The predicted octanol–water partition coefficient (Wildman–Crippen LogP) is 2.04. The first-order valence-electron chi connectivity index (χ1n) is 6.82. The van der Waals surface area contributed by atoms with Gasteiger partial charge < -0.3 is 5.32 Å². The van der Waals surface area contributed by atoms with Gasteiger partial charge in [0.15, 0.2) is 0 Å². The number of rotatable bonds is 3. The van der Waals surface area contributed by atoms with Crippen LogP contribution in [0.15, 0.2) is 29.2 Å². The summed E-state index contributed by atoms with van der Waals surface area (Å²) >= 11 is 1.59. The molecule has 0 aromatic heterocycles. The minimum Gasteiger partial charge on any atom is -0.340 e. The Hall–Kier alpha value is -1.49. The quantitative estimate of drug-likeness (QED) is 0.867. The second-order valence-corrected chi connectivity index (χ2v) is 6.44. The molecule has 1 aromatic rings. The van der Waals surface area contributed by atoms with Crippen LogP contribution in [0.5, 0.6) is 0 Å². The molecule has 2 aliphatic rings. The van der Waals surface area contributed by atoms with Crippen LogP contribution in [0.4, 0.5) is 5.69 Å². The Morgan fingerprint density at radius 2 is 2.00 bits per heavy atom. The molecule has 1 heterocycles. The van der Waals surface area contributed by atoms with E-state index in [1.165, 1.54) is 0 Å². The first kappa shape index (κ1) is 13.5. The molecule has 1 unspecified atom stereocenters. The molecule has 106 valence electrons. The van der Waals surface area contributed by atoms with Crippen molar-refractivity contribution in [2.24, 2.45) is 5.92 Å². The molecule has 2 fully saturated rings. The predicted molar refractivity (Wildman–Crippen MR) is 79.8 cm³/mol. The van der Waals surface area contributed by atoms with Gasteiger partial charge in [-0.1, -0.05) is 12.1 Å². The molecule has 0 bridgehead atoms. The summed E-state index contributed by atoms with van der Waals surface area (Å²) in [6, 6.07) is 7.75. The fourth-order valence-corrected chi connectivity index (χ4v) is 3.47. The summed E-state index contributed by atoms with van der Waals surface area (Å²) in [6.07, 6.45) is 4.01. The van der Waals surface area contributed by atoms with E-state index in [-0.39, 0.29) is 24.3 Å². The molecule has 3 rings (SSSR count). The van der Waals surface area contributed by atoms with Crippen molar-refractivity contribution in [1.29, 1.82) is 0 Å². The molecule has 0 radical (unpaired) electrons. The van der Waals surface area contributed by atoms with Gasteiger partial charge in [-0.3, -0.25) is 14.5 Å². The number of benzene rings is 1. The van der Waals surface area contributed by atoms with Crippen LogP contribution >= 0.6 is 11.8 Å². The second-order valence-electron chi connectivity index (χ2n) is 5.59. The number of thioether (sulfide) groups is 1. The Kier molecular flexibility index (Phi) is 3.24. The van der Waals surface area contributed by atoms with Crippen molar-refractivity contribution in [3.63, 3.8) is 0 Å². The van der Waals surface area contributed by atoms with Crippen LogP contribution in [-0.2, 0) is 9.59 Å². The number of hydrogen-bond donors (Lipinski definition) is 1. The normalized spacial score (nSPS) is 26.6. The van der Waals surface area contributed by atoms with Crippen LogP contribution in [-0.4, -0.2) is 30.2 Å². The number of anilines is 1. The number of carbonyl (C=O) groups excluding carboxylic acids is 2. The zero-order valence-electron chi connectivity index (χ0n) is 11.7. The molecule has 1 atom stereocenters. The lowest BCUT2D eigenvalue weighted by Crippen LogP contribution is -2.66. The van der Waals surface area contributed by atoms with Crippen molar-refractivity contribution >= 4 is 29.3 Å². The number of nitrogens with one attached hydrogen (secondary N) is 1. The van der Waals surface area contributed by atoms with Gasteiger partial charge in [0.2, 0.25) is 5.91 Å². The molecule has 1 N–H and O–H groups in total. The number of nitrogens with zero attached hydrogens (tertiary/aromatic N) is 1. The maximum Gasteiger partial charge on any atom is 0.253 e. The van der Waals surface area contributed by atoms with Gasteiger partial charge in [-0.2, -0.15) is 0 Å². The number of carbonyl (C=O) groups is 2. The molecule has 1 saturated carbocycles. The van der Waals surface area contributed by atoms with Crippen LogP contribution < -0.4 is 10.2 Å². The average molecular weight is 290 g/mol. The highest BCUT2D eigenvalue weighted by molar-refractivity contribution is 7.98. The monoisotopic (exact) mass is 290 g/mol. The molecular weight excluding hydrogens is 272 g/mol. The third kappa shape index (κ3) is 2.10. The molecular formula is C15H18N2O2S. The molecule has 1 aliphatic heterocycles. The zero-order valence-corrected chi connectivity index (χ0v) is 12.5. The summed E-state index contributed by atoms with van der Waals surface area (Å²) < 4.78 is 0. The number of para-hydroxylation sites is 1.